The zero-order valence-electron chi connectivity index (χ0n) is 10.1. The lowest BCUT2D eigenvalue weighted by molar-refractivity contribution is -0.115. The van der Waals surface area contributed by atoms with Crippen molar-refractivity contribution in [3.05, 3.63) is 35.4 Å². The van der Waals surface area contributed by atoms with E-state index in [1.165, 1.54) is 0 Å². The Kier molecular flexibility index (Phi) is 3.96. The SMILES string of the molecule is Cc1ccc(C(=O)O[C@@H]2C[C@H](O)[C@@H](CO)O2)cc1. The molecule has 5 nitrogen and oxygen atoms in total. The molecule has 1 aliphatic heterocycles. The largest absolute Gasteiger partial charge is 0.432 e. The zero-order chi connectivity index (χ0) is 13.1. The number of aliphatic hydroxyl groups is 2. The van der Waals surface area contributed by atoms with Crippen molar-refractivity contribution in [2.45, 2.75) is 31.8 Å². The highest BCUT2D eigenvalue weighted by molar-refractivity contribution is 5.89. The predicted octanol–water partition coefficient (Wildman–Crippen LogP) is 0.620. The maximum Gasteiger partial charge on any atom is 0.340 e. The van der Waals surface area contributed by atoms with Crippen molar-refractivity contribution in [1.82, 2.24) is 0 Å². The summed E-state index contributed by atoms with van der Waals surface area (Å²) in [6.07, 6.45) is -2.10. The molecule has 0 radical (unpaired) electrons. The lowest BCUT2D eigenvalue weighted by Gasteiger charge is -2.12. The van der Waals surface area contributed by atoms with Gasteiger partial charge in [-0.3, -0.25) is 0 Å². The number of aliphatic hydroxyl groups excluding tert-OH is 2. The molecule has 1 fully saturated rings. The second-order valence-corrected chi connectivity index (χ2v) is 4.36. The van der Waals surface area contributed by atoms with Gasteiger partial charge in [0, 0.05) is 6.42 Å². The van der Waals surface area contributed by atoms with Crippen LogP contribution in [0.2, 0.25) is 0 Å². The van der Waals surface area contributed by atoms with E-state index in [4.69, 9.17) is 14.6 Å². The Labute approximate surface area is 105 Å². The molecule has 18 heavy (non-hydrogen) atoms. The van der Waals surface area contributed by atoms with Gasteiger partial charge in [-0.15, -0.1) is 0 Å². The van der Waals surface area contributed by atoms with E-state index < -0.39 is 24.5 Å². The molecule has 0 bridgehead atoms. The Morgan fingerprint density at radius 1 is 1.44 bits per heavy atom. The molecule has 1 heterocycles. The zero-order valence-corrected chi connectivity index (χ0v) is 10.1. The van der Waals surface area contributed by atoms with Crippen molar-refractivity contribution in [1.29, 1.82) is 0 Å². The molecule has 5 heteroatoms. The summed E-state index contributed by atoms with van der Waals surface area (Å²) in [5, 5.41) is 18.4. The third-order valence-electron chi connectivity index (χ3n) is 2.90. The first-order valence-corrected chi connectivity index (χ1v) is 5.82. The number of rotatable bonds is 3. The summed E-state index contributed by atoms with van der Waals surface area (Å²) in [6.45, 7) is 1.64. The third kappa shape index (κ3) is 2.87. The minimum absolute atomic E-state index is 0.183. The van der Waals surface area contributed by atoms with Crippen molar-refractivity contribution in [3.63, 3.8) is 0 Å². The van der Waals surface area contributed by atoms with Crippen LogP contribution < -0.4 is 0 Å². The molecule has 0 amide bonds. The summed E-state index contributed by atoms with van der Waals surface area (Å²) < 4.78 is 10.3. The lowest BCUT2D eigenvalue weighted by Crippen LogP contribution is -2.24. The van der Waals surface area contributed by atoms with Crippen LogP contribution in [0.3, 0.4) is 0 Å². The summed E-state index contributed by atoms with van der Waals surface area (Å²) in [7, 11) is 0. The molecule has 0 spiro atoms. The summed E-state index contributed by atoms with van der Waals surface area (Å²) in [4.78, 5) is 11.8. The van der Waals surface area contributed by atoms with Gasteiger partial charge in [0.05, 0.1) is 18.3 Å². The van der Waals surface area contributed by atoms with Gasteiger partial charge in [-0.05, 0) is 19.1 Å². The fraction of sp³-hybridized carbons (Fsp3) is 0.462. The van der Waals surface area contributed by atoms with Crippen molar-refractivity contribution >= 4 is 5.97 Å². The minimum atomic E-state index is -0.800. The first-order valence-electron chi connectivity index (χ1n) is 5.82. The summed E-state index contributed by atoms with van der Waals surface area (Å²) in [5.41, 5.74) is 1.49. The van der Waals surface area contributed by atoms with Gasteiger partial charge < -0.3 is 19.7 Å². The van der Waals surface area contributed by atoms with Crippen LogP contribution in [-0.2, 0) is 9.47 Å². The second kappa shape index (κ2) is 5.48. The number of benzene rings is 1. The average Bonchev–Trinajstić information content (AvgIpc) is 2.70. The van der Waals surface area contributed by atoms with Crippen molar-refractivity contribution < 1.29 is 24.5 Å². The normalized spacial score (nSPS) is 27.2. The van der Waals surface area contributed by atoms with Gasteiger partial charge in [0.2, 0.25) is 6.29 Å². The van der Waals surface area contributed by atoms with E-state index in [1.807, 2.05) is 19.1 Å². The summed E-state index contributed by atoms with van der Waals surface area (Å²) in [6, 6.07) is 6.98. The van der Waals surface area contributed by atoms with Crippen molar-refractivity contribution in [3.8, 4) is 0 Å². The Balaban J connectivity index is 1.94. The number of hydrogen-bond acceptors (Lipinski definition) is 5. The molecule has 1 saturated heterocycles. The molecule has 0 saturated carbocycles. The highest BCUT2D eigenvalue weighted by Crippen LogP contribution is 2.22. The maximum atomic E-state index is 11.8. The van der Waals surface area contributed by atoms with Gasteiger partial charge in [0.25, 0.3) is 0 Å². The average molecular weight is 252 g/mol. The van der Waals surface area contributed by atoms with E-state index in [2.05, 4.69) is 0 Å². The predicted molar refractivity (Wildman–Crippen MR) is 63.0 cm³/mol. The summed E-state index contributed by atoms with van der Waals surface area (Å²) in [5.74, 6) is -0.495. The molecule has 98 valence electrons. The molecular weight excluding hydrogens is 236 g/mol. The Bertz CT molecular complexity index is 414. The van der Waals surface area contributed by atoms with E-state index in [-0.39, 0.29) is 13.0 Å². The van der Waals surface area contributed by atoms with Crippen LogP contribution in [0.15, 0.2) is 24.3 Å². The van der Waals surface area contributed by atoms with E-state index >= 15 is 0 Å². The number of carbonyl (C=O) groups is 1. The molecule has 0 aromatic heterocycles. The van der Waals surface area contributed by atoms with E-state index in [0.717, 1.165) is 5.56 Å². The van der Waals surface area contributed by atoms with Crippen molar-refractivity contribution in [2.75, 3.05) is 6.61 Å². The summed E-state index contributed by atoms with van der Waals surface area (Å²) >= 11 is 0. The van der Waals surface area contributed by atoms with Crippen LogP contribution in [0.4, 0.5) is 0 Å². The van der Waals surface area contributed by atoms with Crippen LogP contribution in [0.1, 0.15) is 22.3 Å². The van der Waals surface area contributed by atoms with E-state index in [0.29, 0.717) is 5.56 Å². The fourth-order valence-electron chi connectivity index (χ4n) is 1.81. The first-order chi connectivity index (χ1) is 8.60. The van der Waals surface area contributed by atoms with Gasteiger partial charge in [-0.2, -0.15) is 0 Å². The number of aryl methyl sites for hydroxylation is 1. The van der Waals surface area contributed by atoms with Gasteiger partial charge in [0.15, 0.2) is 0 Å². The van der Waals surface area contributed by atoms with Gasteiger partial charge in [-0.1, -0.05) is 17.7 Å². The van der Waals surface area contributed by atoms with E-state index in [1.54, 1.807) is 12.1 Å². The molecule has 1 aromatic rings. The second-order valence-electron chi connectivity index (χ2n) is 4.36. The minimum Gasteiger partial charge on any atom is -0.432 e. The molecule has 0 aliphatic carbocycles. The van der Waals surface area contributed by atoms with Crippen LogP contribution >= 0.6 is 0 Å². The van der Waals surface area contributed by atoms with Crippen molar-refractivity contribution in [2.24, 2.45) is 0 Å². The van der Waals surface area contributed by atoms with Crippen LogP contribution in [0.25, 0.3) is 0 Å². The Hall–Kier alpha value is -1.43. The Morgan fingerprint density at radius 3 is 2.67 bits per heavy atom. The standard InChI is InChI=1S/C13H16O5/c1-8-2-4-9(5-3-8)13(16)18-12-6-10(15)11(7-14)17-12/h2-5,10-12,14-15H,6-7H2,1H3/t10-,11+,12+/m0/s1. The number of carbonyl (C=O) groups excluding carboxylic acids is 1. The molecule has 2 N–H and O–H groups in total. The molecular formula is C13H16O5. The van der Waals surface area contributed by atoms with Crippen LogP contribution in [-0.4, -0.2) is 41.3 Å². The smallest absolute Gasteiger partial charge is 0.340 e. The molecule has 1 aromatic carbocycles. The molecule has 3 atom stereocenters. The third-order valence-corrected chi connectivity index (χ3v) is 2.90. The fourth-order valence-corrected chi connectivity index (χ4v) is 1.81. The first kappa shape index (κ1) is 13.0. The topological polar surface area (TPSA) is 76.0 Å². The number of hydrogen-bond donors (Lipinski definition) is 2. The highest BCUT2D eigenvalue weighted by atomic mass is 16.7. The van der Waals surface area contributed by atoms with Gasteiger partial charge >= 0.3 is 5.97 Å². The van der Waals surface area contributed by atoms with Gasteiger partial charge in [-0.25, -0.2) is 4.79 Å². The van der Waals surface area contributed by atoms with Gasteiger partial charge in [0.1, 0.15) is 6.10 Å². The maximum absolute atomic E-state index is 11.8. The molecule has 1 aliphatic rings. The van der Waals surface area contributed by atoms with Crippen LogP contribution in [0.5, 0.6) is 0 Å². The molecule has 2 rings (SSSR count). The van der Waals surface area contributed by atoms with E-state index in [9.17, 15) is 9.90 Å². The lowest BCUT2D eigenvalue weighted by atomic mass is 10.1. The Morgan fingerprint density at radius 2 is 2.11 bits per heavy atom. The quantitative estimate of drug-likeness (QED) is 0.771. The highest BCUT2D eigenvalue weighted by Gasteiger charge is 2.35. The van der Waals surface area contributed by atoms with Crippen LogP contribution in [0, 0.1) is 6.92 Å². The molecule has 0 unspecified atom stereocenters. The monoisotopic (exact) mass is 252 g/mol. The number of esters is 1. The number of ether oxygens (including phenoxy) is 2.